The summed E-state index contributed by atoms with van der Waals surface area (Å²) in [5, 5.41) is 16.1. The van der Waals surface area contributed by atoms with E-state index in [1.807, 2.05) is 39.2 Å². The topological polar surface area (TPSA) is 77.1 Å². The van der Waals surface area contributed by atoms with E-state index in [0.717, 1.165) is 24.9 Å². The SMILES string of the molecule is CC(NC(=O)NC[C@]1(CO)COC[C@H]2CCCN21)C(c1ccccc1)N(C)C. The number of benzene rings is 1. The molecule has 2 fully saturated rings. The Labute approximate surface area is 168 Å². The third-order valence-electron chi connectivity index (χ3n) is 6.07. The highest BCUT2D eigenvalue weighted by Gasteiger charge is 2.46. The summed E-state index contributed by atoms with van der Waals surface area (Å²) in [6.45, 7) is 4.47. The minimum atomic E-state index is -0.527. The van der Waals surface area contributed by atoms with Gasteiger partial charge in [-0.25, -0.2) is 4.79 Å². The lowest BCUT2D eigenvalue weighted by Gasteiger charge is -2.47. The third kappa shape index (κ3) is 4.49. The number of carbonyl (C=O) groups is 1. The molecule has 1 aromatic carbocycles. The van der Waals surface area contributed by atoms with E-state index in [-0.39, 0.29) is 24.7 Å². The van der Waals surface area contributed by atoms with Gasteiger partial charge in [-0.3, -0.25) is 4.90 Å². The molecular weight excluding hydrogens is 356 g/mol. The summed E-state index contributed by atoms with van der Waals surface area (Å²) >= 11 is 0. The Bertz CT molecular complexity index is 642. The van der Waals surface area contributed by atoms with Gasteiger partial charge in [-0.15, -0.1) is 0 Å². The molecule has 2 amide bonds. The number of nitrogens with zero attached hydrogens (tertiary/aromatic N) is 2. The van der Waals surface area contributed by atoms with Crippen molar-refractivity contribution < 1.29 is 14.6 Å². The predicted molar refractivity (Wildman–Crippen MR) is 109 cm³/mol. The summed E-state index contributed by atoms with van der Waals surface area (Å²) < 4.78 is 5.75. The predicted octanol–water partition coefficient (Wildman–Crippen LogP) is 1.20. The quantitative estimate of drug-likeness (QED) is 0.652. The van der Waals surface area contributed by atoms with Crippen LogP contribution in [-0.2, 0) is 4.74 Å². The molecule has 0 bridgehead atoms. The first-order valence-electron chi connectivity index (χ1n) is 10.2. The number of fused-ring (bicyclic) bond motifs is 1. The molecule has 0 radical (unpaired) electrons. The van der Waals surface area contributed by atoms with Crippen molar-refractivity contribution in [2.24, 2.45) is 0 Å². The van der Waals surface area contributed by atoms with Crippen LogP contribution in [-0.4, -0.2) is 85.6 Å². The van der Waals surface area contributed by atoms with Gasteiger partial charge < -0.3 is 25.4 Å². The summed E-state index contributed by atoms with van der Waals surface area (Å²) in [5.74, 6) is 0. The van der Waals surface area contributed by atoms with E-state index < -0.39 is 5.54 Å². The smallest absolute Gasteiger partial charge is 0.315 e. The van der Waals surface area contributed by atoms with Crippen LogP contribution in [0.1, 0.15) is 31.4 Å². The number of ether oxygens (including phenoxy) is 1. The van der Waals surface area contributed by atoms with Gasteiger partial charge in [-0.05, 0) is 46.0 Å². The second kappa shape index (κ2) is 9.22. The van der Waals surface area contributed by atoms with Crippen molar-refractivity contribution in [1.82, 2.24) is 20.4 Å². The van der Waals surface area contributed by atoms with Crippen LogP contribution in [0.4, 0.5) is 4.79 Å². The van der Waals surface area contributed by atoms with Crippen molar-refractivity contribution in [3.05, 3.63) is 35.9 Å². The first-order chi connectivity index (χ1) is 13.5. The number of urea groups is 1. The lowest BCUT2D eigenvalue weighted by Crippen LogP contribution is -2.66. The highest BCUT2D eigenvalue weighted by atomic mass is 16.5. The standard InChI is InChI=1S/C21H34N4O3/c1-16(19(24(2)3)17-8-5-4-6-9-17)23-20(27)22-13-21(14-26)15-28-12-18-10-7-11-25(18)21/h4-6,8-9,16,18-19,26H,7,10-15H2,1-3H3,(H2,22,23,27)/t16?,18-,19?,21+/m1/s1. The van der Waals surface area contributed by atoms with Gasteiger partial charge in [0.25, 0.3) is 0 Å². The van der Waals surface area contributed by atoms with Crippen LogP contribution in [0.3, 0.4) is 0 Å². The summed E-state index contributed by atoms with van der Waals surface area (Å²) in [7, 11) is 4.03. The lowest BCUT2D eigenvalue weighted by atomic mass is 9.96. The molecule has 156 valence electrons. The molecule has 4 atom stereocenters. The van der Waals surface area contributed by atoms with Gasteiger partial charge in [0.2, 0.25) is 0 Å². The molecule has 7 nitrogen and oxygen atoms in total. The van der Waals surface area contributed by atoms with Crippen molar-refractivity contribution in [2.75, 3.05) is 47.0 Å². The van der Waals surface area contributed by atoms with Crippen molar-refractivity contribution in [2.45, 2.75) is 43.4 Å². The normalized spacial score (nSPS) is 27.2. The zero-order valence-corrected chi connectivity index (χ0v) is 17.2. The molecular formula is C21H34N4O3. The zero-order chi connectivity index (χ0) is 20.1. The van der Waals surface area contributed by atoms with Gasteiger partial charge in [0.1, 0.15) is 0 Å². The molecule has 0 saturated carbocycles. The first kappa shape index (κ1) is 21.0. The Kier molecular flexibility index (Phi) is 6.93. The molecule has 2 saturated heterocycles. The van der Waals surface area contributed by atoms with E-state index in [2.05, 4.69) is 32.6 Å². The summed E-state index contributed by atoms with van der Waals surface area (Å²) in [6, 6.07) is 10.3. The number of rotatable bonds is 7. The van der Waals surface area contributed by atoms with Crippen LogP contribution in [0.25, 0.3) is 0 Å². The molecule has 3 N–H and O–H groups in total. The van der Waals surface area contributed by atoms with E-state index in [1.165, 1.54) is 0 Å². The largest absolute Gasteiger partial charge is 0.394 e. The Balaban J connectivity index is 1.59. The molecule has 7 heteroatoms. The van der Waals surface area contributed by atoms with Crippen molar-refractivity contribution in [1.29, 1.82) is 0 Å². The number of hydrogen-bond acceptors (Lipinski definition) is 5. The minimum Gasteiger partial charge on any atom is -0.394 e. The molecule has 2 aliphatic heterocycles. The Hall–Kier alpha value is -1.67. The molecule has 28 heavy (non-hydrogen) atoms. The highest BCUT2D eigenvalue weighted by molar-refractivity contribution is 5.74. The van der Waals surface area contributed by atoms with Gasteiger partial charge >= 0.3 is 6.03 Å². The number of amides is 2. The molecule has 1 aromatic rings. The number of aliphatic hydroxyl groups excluding tert-OH is 1. The average molecular weight is 391 g/mol. The minimum absolute atomic E-state index is 0.0241. The maximum absolute atomic E-state index is 12.6. The Morgan fingerprint density at radius 3 is 2.82 bits per heavy atom. The van der Waals surface area contributed by atoms with Crippen molar-refractivity contribution in [3.63, 3.8) is 0 Å². The summed E-state index contributed by atoms with van der Waals surface area (Å²) in [4.78, 5) is 17.1. The third-order valence-corrected chi connectivity index (χ3v) is 6.07. The molecule has 2 unspecified atom stereocenters. The monoisotopic (exact) mass is 390 g/mol. The Morgan fingerprint density at radius 2 is 2.14 bits per heavy atom. The number of aliphatic hydroxyl groups is 1. The molecule has 2 aliphatic rings. The van der Waals surface area contributed by atoms with E-state index in [1.54, 1.807) is 0 Å². The number of hydrogen-bond donors (Lipinski definition) is 3. The fourth-order valence-corrected chi connectivity index (χ4v) is 4.71. The van der Waals surface area contributed by atoms with Crippen LogP contribution in [0.15, 0.2) is 30.3 Å². The van der Waals surface area contributed by atoms with Gasteiger partial charge in [0.05, 0.1) is 31.4 Å². The molecule has 0 aliphatic carbocycles. The van der Waals surface area contributed by atoms with E-state index in [4.69, 9.17) is 4.74 Å². The highest BCUT2D eigenvalue weighted by Crippen LogP contribution is 2.31. The van der Waals surface area contributed by atoms with E-state index >= 15 is 0 Å². The van der Waals surface area contributed by atoms with E-state index in [9.17, 15) is 9.90 Å². The van der Waals surface area contributed by atoms with Crippen LogP contribution in [0.2, 0.25) is 0 Å². The summed E-state index contributed by atoms with van der Waals surface area (Å²) in [5.41, 5.74) is 0.633. The number of morpholine rings is 1. The maximum atomic E-state index is 12.6. The number of nitrogens with one attached hydrogen (secondary N) is 2. The van der Waals surface area contributed by atoms with Crippen LogP contribution < -0.4 is 10.6 Å². The van der Waals surface area contributed by atoms with Crippen molar-refractivity contribution in [3.8, 4) is 0 Å². The number of likely N-dealkylation sites (N-methyl/N-ethyl adjacent to an activating group) is 1. The molecule has 0 aromatic heterocycles. The number of carbonyl (C=O) groups excluding carboxylic acids is 1. The lowest BCUT2D eigenvalue weighted by molar-refractivity contribution is -0.105. The fraction of sp³-hybridized carbons (Fsp3) is 0.667. The second-order valence-corrected chi connectivity index (χ2v) is 8.32. The van der Waals surface area contributed by atoms with Crippen LogP contribution in [0.5, 0.6) is 0 Å². The zero-order valence-electron chi connectivity index (χ0n) is 17.2. The van der Waals surface area contributed by atoms with Gasteiger partial charge in [-0.1, -0.05) is 30.3 Å². The molecule has 0 spiro atoms. The molecule has 2 heterocycles. The van der Waals surface area contributed by atoms with Crippen molar-refractivity contribution >= 4 is 6.03 Å². The van der Waals surface area contributed by atoms with E-state index in [0.29, 0.717) is 25.8 Å². The maximum Gasteiger partial charge on any atom is 0.315 e. The second-order valence-electron chi connectivity index (χ2n) is 8.32. The van der Waals surface area contributed by atoms with Gasteiger partial charge in [-0.2, -0.15) is 0 Å². The van der Waals surface area contributed by atoms with Crippen LogP contribution >= 0.6 is 0 Å². The molecule has 3 rings (SSSR count). The van der Waals surface area contributed by atoms with Crippen LogP contribution in [0, 0.1) is 0 Å². The summed E-state index contributed by atoms with van der Waals surface area (Å²) in [6.07, 6.45) is 2.20. The fourth-order valence-electron chi connectivity index (χ4n) is 4.71. The first-order valence-corrected chi connectivity index (χ1v) is 10.2. The van der Waals surface area contributed by atoms with Gasteiger partial charge in [0.15, 0.2) is 0 Å². The van der Waals surface area contributed by atoms with Gasteiger partial charge in [0, 0.05) is 18.6 Å². The Morgan fingerprint density at radius 1 is 1.39 bits per heavy atom. The average Bonchev–Trinajstić information content (AvgIpc) is 3.17.